The van der Waals surface area contributed by atoms with Crippen LogP contribution in [0.25, 0.3) is 11.3 Å². The fourth-order valence-corrected chi connectivity index (χ4v) is 2.75. The van der Waals surface area contributed by atoms with Gasteiger partial charge in [-0.05, 0) is 56.3 Å². The highest BCUT2D eigenvalue weighted by molar-refractivity contribution is 6.30. The number of aryl methyl sites for hydroxylation is 1. The molecule has 7 heteroatoms. The fourth-order valence-electron chi connectivity index (χ4n) is 2.62. The monoisotopic (exact) mass is 411 g/mol. The number of aromatic nitrogens is 2. The van der Waals surface area contributed by atoms with E-state index in [0.29, 0.717) is 47.7 Å². The lowest BCUT2D eigenvalue weighted by Gasteiger charge is -2.09. The maximum Gasteiger partial charge on any atom is 0.293 e. The number of halogens is 1. The van der Waals surface area contributed by atoms with E-state index in [2.05, 4.69) is 15.3 Å². The van der Waals surface area contributed by atoms with Gasteiger partial charge in [-0.2, -0.15) is 0 Å². The first-order valence-electron chi connectivity index (χ1n) is 9.28. The van der Waals surface area contributed by atoms with E-state index in [0.717, 1.165) is 5.56 Å². The van der Waals surface area contributed by atoms with Crippen LogP contribution in [0.3, 0.4) is 0 Å². The van der Waals surface area contributed by atoms with Gasteiger partial charge in [0, 0.05) is 28.6 Å². The summed E-state index contributed by atoms with van der Waals surface area (Å²) in [4.78, 5) is 21.3. The molecule has 1 heterocycles. The van der Waals surface area contributed by atoms with Crippen LogP contribution in [-0.4, -0.2) is 35.7 Å². The van der Waals surface area contributed by atoms with Crippen molar-refractivity contribution < 1.29 is 14.3 Å². The van der Waals surface area contributed by atoms with Crippen LogP contribution in [0.1, 0.15) is 23.2 Å². The zero-order valence-corrected chi connectivity index (χ0v) is 17.1. The van der Waals surface area contributed by atoms with E-state index in [-0.39, 0.29) is 11.7 Å². The lowest BCUT2D eigenvalue weighted by atomic mass is 10.1. The molecule has 0 fully saturated rings. The third-order valence-electron chi connectivity index (χ3n) is 4.01. The van der Waals surface area contributed by atoms with Crippen molar-refractivity contribution in [3.8, 4) is 17.0 Å². The summed E-state index contributed by atoms with van der Waals surface area (Å²) in [7, 11) is 0. The average Bonchev–Trinajstić information content (AvgIpc) is 2.72. The van der Waals surface area contributed by atoms with Crippen molar-refractivity contribution in [3.63, 3.8) is 0 Å². The van der Waals surface area contributed by atoms with Gasteiger partial charge in [0.25, 0.3) is 5.91 Å². The van der Waals surface area contributed by atoms with Crippen LogP contribution in [0.2, 0.25) is 5.02 Å². The molecular formula is C22H22ClN3O3. The lowest BCUT2D eigenvalue weighted by molar-refractivity contribution is 0.101. The van der Waals surface area contributed by atoms with E-state index in [9.17, 15) is 4.79 Å². The average molecular weight is 412 g/mol. The Morgan fingerprint density at radius 1 is 1.03 bits per heavy atom. The molecule has 0 bridgehead atoms. The smallest absolute Gasteiger partial charge is 0.293 e. The van der Waals surface area contributed by atoms with Gasteiger partial charge in [0.15, 0.2) is 0 Å². The second-order valence-electron chi connectivity index (χ2n) is 6.25. The molecule has 0 saturated heterocycles. The zero-order chi connectivity index (χ0) is 20.6. The van der Waals surface area contributed by atoms with Crippen molar-refractivity contribution >= 4 is 23.2 Å². The van der Waals surface area contributed by atoms with Crippen molar-refractivity contribution in [1.82, 2.24) is 9.97 Å². The molecular weight excluding hydrogens is 390 g/mol. The summed E-state index contributed by atoms with van der Waals surface area (Å²) in [6, 6.07) is 16.2. The molecule has 0 radical (unpaired) electrons. The third kappa shape index (κ3) is 6.01. The summed E-state index contributed by atoms with van der Waals surface area (Å²) in [5.41, 5.74) is 2.86. The predicted molar refractivity (Wildman–Crippen MR) is 114 cm³/mol. The van der Waals surface area contributed by atoms with Crippen LogP contribution >= 0.6 is 11.6 Å². The van der Waals surface area contributed by atoms with Gasteiger partial charge in [-0.15, -0.1) is 0 Å². The summed E-state index contributed by atoms with van der Waals surface area (Å²) >= 11 is 5.94. The number of benzene rings is 2. The second-order valence-corrected chi connectivity index (χ2v) is 6.69. The first-order valence-corrected chi connectivity index (χ1v) is 9.66. The molecule has 3 aromatic rings. The van der Waals surface area contributed by atoms with Crippen molar-refractivity contribution in [2.24, 2.45) is 0 Å². The minimum atomic E-state index is -0.381. The molecule has 1 N–H and O–H groups in total. The number of carbonyl (C=O) groups is 1. The molecule has 0 spiro atoms. The Hall–Kier alpha value is -2.96. The van der Waals surface area contributed by atoms with Gasteiger partial charge in [0.2, 0.25) is 5.82 Å². The normalized spacial score (nSPS) is 10.6. The molecule has 6 nitrogen and oxygen atoms in total. The van der Waals surface area contributed by atoms with Crippen LogP contribution in [0.5, 0.6) is 5.75 Å². The van der Waals surface area contributed by atoms with Crippen LogP contribution in [0, 0.1) is 6.92 Å². The van der Waals surface area contributed by atoms with Crippen LogP contribution < -0.4 is 10.1 Å². The Morgan fingerprint density at radius 3 is 2.45 bits per heavy atom. The maximum atomic E-state index is 12.6. The molecule has 0 unspecified atom stereocenters. The quantitative estimate of drug-likeness (QED) is 0.540. The number of ether oxygens (including phenoxy) is 2. The van der Waals surface area contributed by atoms with Gasteiger partial charge in [-0.1, -0.05) is 23.7 Å². The van der Waals surface area contributed by atoms with Crippen LogP contribution in [-0.2, 0) is 4.74 Å². The summed E-state index contributed by atoms with van der Waals surface area (Å²) in [6.45, 7) is 5.44. The van der Waals surface area contributed by atoms with Gasteiger partial charge in [0.05, 0.1) is 12.3 Å². The number of hydrogen-bond donors (Lipinski definition) is 1. The van der Waals surface area contributed by atoms with Crippen molar-refractivity contribution in [2.45, 2.75) is 13.8 Å². The minimum Gasteiger partial charge on any atom is -0.491 e. The predicted octanol–water partition coefficient (Wildman–Crippen LogP) is 4.77. The van der Waals surface area contributed by atoms with Gasteiger partial charge in [-0.25, -0.2) is 9.97 Å². The standard InChI is InChI=1S/C22H22ClN3O3/c1-3-28-12-13-29-19-10-8-18(9-11-19)25-22(27)21-24-15(2)14-20(26-21)16-4-6-17(23)7-5-16/h4-11,14H,3,12-13H2,1-2H3,(H,25,27). The molecule has 1 aromatic heterocycles. The third-order valence-corrected chi connectivity index (χ3v) is 4.26. The first kappa shape index (κ1) is 20.8. The van der Waals surface area contributed by atoms with Crippen LogP contribution in [0.4, 0.5) is 5.69 Å². The Morgan fingerprint density at radius 2 is 1.76 bits per heavy atom. The van der Waals surface area contributed by atoms with E-state index < -0.39 is 0 Å². The number of amides is 1. The largest absolute Gasteiger partial charge is 0.491 e. The lowest BCUT2D eigenvalue weighted by Crippen LogP contribution is -2.16. The van der Waals surface area contributed by atoms with Gasteiger partial charge in [0.1, 0.15) is 12.4 Å². The van der Waals surface area contributed by atoms with Crippen molar-refractivity contribution in [3.05, 3.63) is 71.1 Å². The molecule has 2 aromatic carbocycles. The summed E-state index contributed by atoms with van der Waals surface area (Å²) in [6.07, 6.45) is 0. The van der Waals surface area contributed by atoms with Crippen LogP contribution in [0.15, 0.2) is 54.6 Å². The number of carbonyl (C=O) groups excluding carboxylic acids is 1. The second kappa shape index (κ2) is 10.0. The number of nitrogens with zero attached hydrogens (tertiary/aromatic N) is 2. The molecule has 0 saturated carbocycles. The number of anilines is 1. The maximum absolute atomic E-state index is 12.6. The first-order chi connectivity index (χ1) is 14.0. The number of rotatable bonds is 8. The summed E-state index contributed by atoms with van der Waals surface area (Å²) in [5, 5.41) is 3.45. The van der Waals surface area contributed by atoms with E-state index in [1.807, 2.05) is 32.0 Å². The molecule has 0 aliphatic carbocycles. The summed E-state index contributed by atoms with van der Waals surface area (Å²) in [5.74, 6) is 0.431. The number of hydrogen-bond acceptors (Lipinski definition) is 5. The molecule has 29 heavy (non-hydrogen) atoms. The summed E-state index contributed by atoms with van der Waals surface area (Å²) < 4.78 is 10.8. The topological polar surface area (TPSA) is 73.3 Å². The SMILES string of the molecule is CCOCCOc1ccc(NC(=O)c2nc(C)cc(-c3ccc(Cl)cc3)n2)cc1. The highest BCUT2D eigenvalue weighted by atomic mass is 35.5. The van der Waals surface area contributed by atoms with Gasteiger partial charge < -0.3 is 14.8 Å². The fraction of sp³-hybridized carbons (Fsp3) is 0.227. The number of nitrogens with one attached hydrogen (secondary N) is 1. The van der Waals surface area contributed by atoms with E-state index in [1.165, 1.54) is 0 Å². The molecule has 0 aliphatic rings. The van der Waals surface area contributed by atoms with Crippen molar-refractivity contribution in [1.29, 1.82) is 0 Å². The molecule has 1 amide bonds. The molecule has 0 atom stereocenters. The Bertz CT molecular complexity index is 960. The molecule has 150 valence electrons. The van der Waals surface area contributed by atoms with E-state index in [4.69, 9.17) is 21.1 Å². The van der Waals surface area contributed by atoms with Gasteiger partial charge >= 0.3 is 0 Å². The Labute approximate surface area is 174 Å². The highest BCUT2D eigenvalue weighted by Gasteiger charge is 2.13. The Kier molecular flexibility index (Phi) is 7.16. The van der Waals surface area contributed by atoms with Crippen molar-refractivity contribution in [2.75, 3.05) is 25.1 Å². The molecule has 0 aliphatic heterocycles. The zero-order valence-electron chi connectivity index (χ0n) is 16.3. The Balaban J connectivity index is 1.68. The highest BCUT2D eigenvalue weighted by Crippen LogP contribution is 2.21. The minimum absolute atomic E-state index is 0.104. The van der Waals surface area contributed by atoms with E-state index in [1.54, 1.807) is 36.4 Å². The molecule has 3 rings (SSSR count). The van der Waals surface area contributed by atoms with E-state index >= 15 is 0 Å². The van der Waals surface area contributed by atoms with Gasteiger partial charge in [-0.3, -0.25) is 4.79 Å².